The Morgan fingerprint density at radius 2 is 2.33 bits per heavy atom. The maximum absolute atomic E-state index is 4.90. The summed E-state index contributed by atoms with van der Waals surface area (Å²) >= 11 is 1.85. The van der Waals surface area contributed by atoms with Crippen LogP contribution in [-0.2, 0) is 5.54 Å². The van der Waals surface area contributed by atoms with E-state index in [0.29, 0.717) is 5.92 Å². The second-order valence-corrected chi connectivity index (χ2v) is 6.79. The Balaban J connectivity index is 2.24. The van der Waals surface area contributed by atoms with Gasteiger partial charge in [-0.05, 0) is 31.7 Å². The highest BCUT2D eigenvalue weighted by atomic mass is 32.1. The molecule has 1 N–H and O–H groups in total. The fraction of sp³-hybridized carbons (Fsp3) is 0.800. The largest absolute Gasteiger partial charge is 0.308 e. The highest BCUT2D eigenvalue weighted by molar-refractivity contribution is 7.09. The van der Waals surface area contributed by atoms with E-state index >= 15 is 0 Å². The van der Waals surface area contributed by atoms with Crippen molar-refractivity contribution in [3.8, 4) is 0 Å². The quantitative estimate of drug-likeness (QED) is 0.879. The Morgan fingerprint density at radius 3 is 2.89 bits per heavy atom. The van der Waals surface area contributed by atoms with Gasteiger partial charge in [-0.1, -0.05) is 40.0 Å². The number of hydrogen-bond acceptors (Lipinski definition) is 3. The van der Waals surface area contributed by atoms with Gasteiger partial charge in [-0.25, -0.2) is 4.98 Å². The molecule has 1 heterocycles. The van der Waals surface area contributed by atoms with E-state index in [1.165, 1.54) is 42.8 Å². The Bertz CT molecular complexity index is 386. The Morgan fingerprint density at radius 1 is 1.56 bits per heavy atom. The summed E-state index contributed by atoms with van der Waals surface area (Å²) in [7, 11) is 2.11. The van der Waals surface area contributed by atoms with Gasteiger partial charge in [0.25, 0.3) is 0 Å². The van der Waals surface area contributed by atoms with Crippen molar-refractivity contribution >= 4 is 11.3 Å². The Labute approximate surface area is 115 Å². The van der Waals surface area contributed by atoms with Crippen LogP contribution in [0.25, 0.3) is 0 Å². The molecular weight excluding hydrogens is 240 g/mol. The molecule has 0 bridgehead atoms. The van der Waals surface area contributed by atoms with Crippen LogP contribution in [-0.4, -0.2) is 12.0 Å². The summed E-state index contributed by atoms with van der Waals surface area (Å²) in [5, 5.41) is 7.15. The summed E-state index contributed by atoms with van der Waals surface area (Å²) in [5.74, 6) is 1.40. The van der Waals surface area contributed by atoms with Gasteiger partial charge in [0, 0.05) is 5.38 Å². The zero-order valence-electron chi connectivity index (χ0n) is 12.1. The molecule has 1 fully saturated rings. The molecule has 3 heteroatoms. The molecule has 2 unspecified atom stereocenters. The normalized spacial score (nSPS) is 28.8. The molecule has 0 amide bonds. The van der Waals surface area contributed by atoms with Crippen molar-refractivity contribution in [2.45, 2.75) is 64.3 Å². The van der Waals surface area contributed by atoms with E-state index in [1.54, 1.807) is 0 Å². The summed E-state index contributed by atoms with van der Waals surface area (Å²) in [5.41, 5.74) is 1.40. The van der Waals surface area contributed by atoms with Crippen LogP contribution in [0.1, 0.15) is 69.5 Å². The van der Waals surface area contributed by atoms with E-state index in [9.17, 15) is 0 Å². The van der Waals surface area contributed by atoms with Crippen LogP contribution in [0.5, 0.6) is 0 Å². The fourth-order valence-electron chi connectivity index (χ4n) is 3.04. The van der Waals surface area contributed by atoms with E-state index in [0.717, 1.165) is 5.92 Å². The molecule has 0 radical (unpaired) electrons. The molecule has 18 heavy (non-hydrogen) atoms. The molecule has 0 spiro atoms. The molecule has 2 rings (SSSR count). The summed E-state index contributed by atoms with van der Waals surface area (Å²) in [6, 6.07) is 0. The van der Waals surface area contributed by atoms with Gasteiger partial charge in [-0.3, -0.25) is 0 Å². The Kier molecular flexibility index (Phi) is 4.44. The molecule has 0 saturated heterocycles. The van der Waals surface area contributed by atoms with Crippen molar-refractivity contribution < 1.29 is 0 Å². The monoisotopic (exact) mass is 266 g/mol. The van der Waals surface area contributed by atoms with Crippen molar-refractivity contribution in [1.29, 1.82) is 0 Å². The second kappa shape index (κ2) is 5.70. The van der Waals surface area contributed by atoms with Crippen LogP contribution in [0, 0.1) is 5.92 Å². The highest BCUT2D eigenvalue weighted by Gasteiger charge is 2.38. The molecule has 1 aromatic heterocycles. The lowest BCUT2D eigenvalue weighted by Crippen LogP contribution is -2.44. The first-order chi connectivity index (χ1) is 8.61. The van der Waals surface area contributed by atoms with E-state index < -0.39 is 0 Å². The number of aromatic nitrogens is 1. The summed E-state index contributed by atoms with van der Waals surface area (Å²) in [6.07, 6.45) is 6.51. The molecule has 1 saturated carbocycles. The smallest absolute Gasteiger partial charge is 0.113 e. The maximum atomic E-state index is 4.90. The predicted octanol–water partition coefficient (Wildman–Crippen LogP) is 4.28. The van der Waals surface area contributed by atoms with Crippen molar-refractivity contribution in [2.24, 2.45) is 5.92 Å². The third-order valence-corrected chi connectivity index (χ3v) is 5.50. The van der Waals surface area contributed by atoms with Crippen LogP contribution in [0.2, 0.25) is 0 Å². The zero-order valence-corrected chi connectivity index (χ0v) is 12.9. The van der Waals surface area contributed by atoms with Crippen LogP contribution in [0.15, 0.2) is 5.38 Å². The number of hydrogen-bond donors (Lipinski definition) is 1. The summed E-state index contributed by atoms with van der Waals surface area (Å²) in [4.78, 5) is 4.90. The minimum atomic E-state index is 0.150. The van der Waals surface area contributed by atoms with Crippen molar-refractivity contribution in [3.63, 3.8) is 0 Å². The van der Waals surface area contributed by atoms with E-state index in [4.69, 9.17) is 4.98 Å². The highest BCUT2D eigenvalue weighted by Crippen LogP contribution is 2.42. The molecule has 0 aromatic carbocycles. The molecule has 1 aliphatic rings. The Hall–Kier alpha value is -0.410. The van der Waals surface area contributed by atoms with Gasteiger partial charge in [0.05, 0.1) is 11.2 Å². The first kappa shape index (κ1) is 14.0. The number of rotatable bonds is 4. The van der Waals surface area contributed by atoms with Crippen molar-refractivity contribution in [1.82, 2.24) is 10.3 Å². The summed E-state index contributed by atoms with van der Waals surface area (Å²) in [6.45, 7) is 6.76. The lowest BCUT2D eigenvalue weighted by molar-refractivity contribution is 0.185. The third-order valence-electron chi connectivity index (χ3n) is 4.43. The van der Waals surface area contributed by atoms with Gasteiger partial charge in [0.2, 0.25) is 0 Å². The topological polar surface area (TPSA) is 24.9 Å². The number of nitrogens with zero attached hydrogens (tertiary/aromatic N) is 1. The van der Waals surface area contributed by atoms with Gasteiger partial charge in [0.15, 0.2) is 0 Å². The number of thiazole rings is 1. The van der Waals surface area contributed by atoms with Crippen molar-refractivity contribution in [3.05, 3.63) is 16.1 Å². The lowest BCUT2D eigenvalue weighted by Gasteiger charge is -2.39. The maximum Gasteiger partial charge on any atom is 0.113 e. The van der Waals surface area contributed by atoms with Gasteiger partial charge < -0.3 is 5.32 Å². The standard InChI is InChI=1S/C15H26N2S/c1-5-12-7-6-8-15(9-12,16-4)14-17-13(10-18-14)11(2)3/h10-12,16H,5-9H2,1-4H3. The lowest BCUT2D eigenvalue weighted by atomic mass is 9.75. The first-order valence-corrected chi connectivity index (χ1v) is 8.14. The second-order valence-electron chi connectivity index (χ2n) is 5.93. The average Bonchev–Trinajstić information content (AvgIpc) is 2.89. The third kappa shape index (κ3) is 2.62. The van der Waals surface area contributed by atoms with Crippen molar-refractivity contribution in [2.75, 3.05) is 7.05 Å². The minimum absolute atomic E-state index is 0.150. The van der Waals surface area contributed by atoms with Gasteiger partial charge in [-0.2, -0.15) is 0 Å². The van der Waals surface area contributed by atoms with Crippen LogP contribution < -0.4 is 5.32 Å². The zero-order chi connectivity index (χ0) is 13.2. The molecule has 2 atom stereocenters. The minimum Gasteiger partial charge on any atom is -0.308 e. The van der Waals surface area contributed by atoms with E-state index in [2.05, 4.69) is 38.5 Å². The molecule has 2 nitrogen and oxygen atoms in total. The average molecular weight is 266 g/mol. The fourth-order valence-corrected chi connectivity index (χ4v) is 4.27. The number of nitrogens with one attached hydrogen (secondary N) is 1. The van der Waals surface area contributed by atoms with Gasteiger partial charge in [0.1, 0.15) is 5.01 Å². The van der Waals surface area contributed by atoms with E-state index in [-0.39, 0.29) is 5.54 Å². The van der Waals surface area contributed by atoms with Crippen LogP contribution in [0.3, 0.4) is 0 Å². The summed E-state index contributed by atoms with van der Waals surface area (Å²) < 4.78 is 0. The van der Waals surface area contributed by atoms with Gasteiger partial charge >= 0.3 is 0 Å². The molecule has 0 aliphatic heterocycles. The molecule has 1 aromatic rings. The van der Waals surface area contributed by atoms with Crippen LogP contribution in [0.4, 0.5) is 0 Å². The molecule has 102 valence electrons. The SMILES string of the molecule is CCC1CCCC(NC)(c2nc(C(C)C)cs2)C1. The first-order valence-electron chi connectivity index (χ1n) is 7.26. The predicted molar refractivity (Wildman–Crippen MR) is 79.2 cm³/mol. The van der Waals surface area contributed by atoms with Crippen LogP contribution >= 0.6 is 11.3 Å². The van der Waals surface area contributed by atoms with Gasteiger partial charge in [-0.15, -0.1) is 11.3 Å². The molecule has 1 aliphatic carbocycles. The van der Waals surface area contributed by atoms with E-state index in [1.807, 2.05) is 11.3 Å². The molecular formula is C15H26N2S.